The molecule has 0 amide bonds. The zero-order valence-electron chi connectivity index (χ0n) is 19.9. The predicted octanol–water partition coefficient (Wildman–Crippen LogP) is 7.25. The summed E-state index contributed by atoms with van der Waals surface area (Å²) in [4.78, 5) is 18.0. The molecule has 3 aromatic carbocycles. The van der Waals surface area contributed by atoms with Crippen LogP contribution in [0.1, 0.15) is 35.7 Å². The van der Waals surface area contributed by atoms with E-state index >= 15 is 0 Å². The van der Waals surface area contributed by atoms with Gasteiger partial charge in [0.25, 0.3) is 0 Å². The Morgan fingerprint density at radius 1 is 1.14 bits per heavy atom. The van der Waals surface area contributed by atoms with Gasteiger partial charge in [-0.2, -0.15) is 0 Å². The van der Waals surface area contributed by atoms with Gasteiger partial charge in [-0.1, -0.05) is 41.0 Å². The van der Waals surface area contributed by atoms with Gasteiger partial charge in [0.15, 0.2) is 11.1 Å². The Bertz CT molecular complexity index is 1490. The lowest BCUT2D eigenvalue weighted by atomic mass is 10.2. The van der Waals surface area contributed by atoms with Crippen LogP contribution in [-0.4, -0.2) is 27.6 Å². The molecule has 0 fully saturated rings. The number of hydrogen-bond donors (Lipinski definition) is 2. The number of nitrogens with zero attached hydrogens (tertiary/aromatic N) is 2. The van der Waals surface area contributed by atoms with Crippen molar-refractivity contribution in [2.45, 2.75) is 32.0 Å². The maximum Gasteiger partial charge on any atom is 0.335 e. The molecule has 1 aliphatic rings. The van der Waals surface area contributed by atoms with E-state index in [4.69, 9.17) is 32.4 Å². The molecule has 1 unspecified atom stereocenters. The van der Waals surface area contributed by atoms with Crippen LogP contribution in [0.25, 0.3) is 16.8 Å². The number of fused-ring (bicyclic) bond motifs is 1. The molecule has 0 saturated heterocycles. The number of oxazole rings is 1. The monoisotopic (exact) mass is 555 g/mol. The largest absolute Gasteiger partial charge is 0.489 e. The van der Waals surface area contributed by atoms with Gasteiger partial charge >= 0.3 is 5.97 Å². The second-order valence-corrected chi connectivity index (χ2v) is 10.5. The third-order valence-corrected chi connectivity index (χ3v) is 7.51. The first-order valence-electron chi connectivity index (χ1n) is 11.5. The molecule has 190 valence electrons. The van der Waals surface area contributed by atoms with Gasteiger partial charge in [0.05, 0.1) is 15.6 Å². The van der Waals surface area contributed by atoms with E-state index in [1.54, 1.807) is 36.0 Å². The Morgan fingerprint density at radius 3 is 2.62 bits per heavy atom. The number of nitrogens with one attached hydrogen (secondary N) is 1. The zero-order valence-corrected chi connectivity index (χ0v) is 22.3. The highest BCUT2D eigenvalue weighted by atomic mass is 35.5. The van der Waals surface area contributed by atoms with Gasteiger partial charge in [-0.15, -0.1) is 0 Å². The van der Waals surface area contributed by atoms with Gasteiger partial charge < -0.3 is 24.5 Å². The van der Waals surface area contributed by atoms with Gasteiger partial charge in [-0.05, 0) is 67.9 Å². The first kappa shape index (κ1) is 25.3. The molecule has 1 aromatic heterocycles. The molecule has 0 saturated carbocycles. The minimum absolute atomic E-state index is 0.106. The smallest absolute Gasteiger partial charge is 0.335 e. The van der Waals surface area contributed by atoms with Crippen LogP contribution in [0.5, 0.6) is 5.75 Å². The lowest BCUT2D eigenvalue weighted by molar-refractivity contribution is 0.0697. The van der Waals surface area contributed by atoms with E-state index in [1.807, 2.05) is 41.8 Å². The van der Waals surface area contributed by atoms with Gasteiger partial charge in [0, 0.05) is 23.2 Å². The molecule has 0 radical (unpaired) electrons. The number of thioether (sulfide) groups is 1. The summed E-state index contributed by atoms with van der Waals surface area (Å²) >= 11 is 13.7. The average Bonchev–Trinajstić information content (AvgIpc) is 3.52. The van der Waals surface area contributed by atoms with Crippen LogP contribution in [0.2, 0.25) is 10.0 Å². The van der Waals surface area contributed by atoms with Crippen molar-refractivity contribution in [3.8, 4) is 5.75 Å². The highest BCUT2D eigenvalue weighted by Gasteiger charge is 2.29. The molecular weight excluding hydrogens is 533 g/mol. The number of carboxylic acid groups (broad SMARTS) is 1. The molecular formula is C27H23Cl2N3O4S. The second kappa shape index (κ2) is 10.6. The van der Waals surface area contributed by atoms with Gasteiger partial charge in [0.2, 0.25) is 5.89 Å². The number of aromatic carboxylic acids is 1. The van der Waals surface area contributed by atoms with Crippen molar-refractivity contribution in [1.82, 2.24) is 10.3 Å². The second-order valence-electron chi connectivity index (χ2n) is 8.70. The lowest BCUT2D eigenvalue weighted by Crippen LogP contribution is -2.44. The quantitative estimate of drug-likeness (QED) is 0.235. The number of benzene rings is 3. The molecule has 1 aliphatic heterocycles. The third-order valence-electron chi connectivity index (χ3n) is 5.79. The molecule has 37 heavy (non-hydrogen) atoms. The normalized spacial score (nSPS) is 15.1. The molecule has 2 N–H and O–H groups in total. The number of carbonyl (C=O) groups is 1. The molecule has 5 rings (SSSR count). The van der Waals surface area contributed by atoms with Crippen LogP contribution in [0.15, 0.2) is 70.5 Å². The van der Waals surface area contributed by atoms with E-state index in [2.05, 4.69) is 29.0 Å². The Morgan fingerprint density at radius 2 is 1.92 bits per heavy atom. The SMILES string of the molecule is CC(C)N(c1ccc(C(=O)O)cc1)C1NC(c2nc3ccc(OCc4ccc(Cl)c(Cl)c4)cc3o2)=CS1. The van der Waals surface area contributed by atoms with Crippen molar-refractivity contribution in [3.05, 3.63) is 93.1 Å². The Labute approximate surface area is 228 Å². The summed E-state index contributed by atoms with van der Waals surface area (Å²) in [6, 6.07) is 17.9. The highest BCUT2D eigenvalue weighted by molar-refractivity contribution is 8.03. The molecule has 0 aliphatic carbocycles. The number of anilines is 1. The van der Waals surface area contributed by atoms with Crippen molar-refractivity contribution >= 4 is 63.4 Å². The highest BCUT2D eigenvalue weighted by Crippen LogP contribution is 2.35. The maximum absolute atomic E-state index is 11.2. The van der Waals surface area contributed by atoms with Crippen molar-refractivity contribution in [2.75, 3.05) is 4.90 Å². The standard InChI is InChI=1S/C27H23Cl2N3O4S/c1-15(2)32(18-6-4-17(5-7-18)26(33)34)27-31-23(14-37-27)25-30-22-10-8-19(12-24(22)36-25)35-13-16-3-9-20(28)21(29)11-16/h3-12,14-15,27,31H,13H2,1-2H3,(H,33,34). The summed E-state index contributed by atoms with van der Waals surface area (Å²) in [5.41, 5.74) is 4.08. The summed E-state index contributed by atoms with van der Waals surface area (Å²) in [5, 5.41) is 15.7. The third kappa shape index (κ3) is 5.51. The van der Waals surface area contributed by atoms with E-state index < -0.39 is 5.97 Å². The fourth-order valence-electron chi connectivity index (χ4n) is 3.97. The first-order valence-corrected chi connectivity index (χ1v) is 13.2. The van der Waals surface area contributed by atoms with E-state index in [0.29, 0.717) is 33.9 Å². The van der Waals surface area contributed by atoms with E-state index in [1.165, 1.54) is 0 Å². The van der Waals surface area contributed by atoms with Crippen molar-refractivity contribution < 1.29 is 19.1 Å². The molecule has 2 heterocycles. The number of rotatable bonds is 8. The fourth-order valence-corrected chi connectivity index (χ4v) is 5.41. The number of halogens is 2. The van der Waals surface area contributed by atoms with Crippen molar-refractivity contribution in [2.24, 2.45) is 0 Å². The zero-order chi connectivity index (χ0) is 26.1. The molecule has 4 aromatic rings. The van der Waals surface area contributed by atoms with E-state index in [-0.39, 0.29) is 17.1 Å². The average molecular weight is 556 g/mol. The summed E-state index contributed by atoms with van der Waals surface area (Å²) in [6.45, 7) is 4.52. The topological polar surface area (TPSA) is 87.8 Å². The number of aromatic nitrogens is 1. The Hall–Kier alpha value is -3.33. The van der Waals surface area contributed by atoms with Crippen LogP contribution in [0, 0.1) is 0 Å². The van der Waals surface area contributed by atoms with Crippen molar-refractivity contribution in [1.29, 1.82) is 0 Å². The number of hydrogen-bond acceptors (Lipinski definition) is 7. The summed E-state index contributed by atoms with van der Waals surface area (Å²) in [7, 11) is 0. The molecule has 7 nitrogen and oxygen atoms in total. The molecule has 1 atom stereocenters. The van der Waals surface area contributed by atoms with Gasteiger partial charge in [-0.3, -0.25) is 0 Å². The minimum Gasteiger partial charge on any atom is -0.489 e. The first-order chi connectivity index (χ1) is 17.8. The summed E-state index contributed by atoms with van der Waals surface area (Å²) < 4.78 is 12.0. The lowest BCUT2D eigenvalue weighted by Gasteiger charge is -2.34. The van der Waals surface area contributed by atoms with Crippen LogP contribution < -0.4 is 15.0 Å². The maximum atomic E-state index is 11.2. The molecule has 10 heteroatoms. The Kier molecular flexibility index (Phi) is 7.24. The summed E-state index contributed by atoms with van der Waals surface area (Å²) in [6.07, 6.45) is 0. The number of ether oxygens (including phenoxy) is 1. The summed E-state index contributed by atoms with van der Waals surface area (Å²) in [5.74, 6) is 0.188. The molecule has 0 bridgehead atoms. The van der Waals surface area contributed by atoms with Gasteiger partial charge in [0.1, 0.15) is 23.6 Å². The van der Waals surface area contributed by atoms with Crippen LogP contribution in [0.4, 0.5) is 5.69 Å². The van der Waals surface area contributed by atoms with Crippen LogP contribution >= 0.6 is 35.0 Å². The minimum atomic E-state index is -0.945. The number of carboxylic acids is 1. The van der Waals surface area contributed by atoms with Crippen LogP contribution in [-0.2, 0) is 6.61 Å². The Balaban J connectivity index is 1.29. The van der Waals surface area contributed by atoms with Gasteiger partial charge in [-0.25, -0.2) is 9.78 Å². The van der Waals surface area contributed by atoms with E-state index in [9.17, 15) is 9.90 Å². The fraction of sp³-hybridized carbons (Fsp3) is 0.185. The van der Waals surface area contributed by atoms with Crippen molar-refractivity contribution in [3.63, 3.8) is 0 Å². The van der Waals surface area contributed by atoms with Crippen LogP contribution in [0.3, 0.4) is 0 Å². The predicted molar refractivity (Wildman–Crippen MR) is 148 cm³/mol. The molecule has 0 spiro atoms. The van der Waals surface area contributed by atoms with E-state index in [0.717, 1.165) is 22.5 Å².